The number of aromatic nitrogens is 9. The molecule has 6 atom stereocenters. The molecule has 3 saturated heterocycles. The molecular weight excluding hydrogens is 1610 g/mol. The summed E-state index contributed by atoms with van der Waals surface area (Å²) < 4.78 is 42.7. The zero-order valence-corrected chi connectivity index (χ0v) is 71.6. The van der Waals surface area contributed by atoms with Gasteiger partial charge in [-0.15, -0.1) is 11.6 Å². The highest BCUT2D eigenvalue weighted by atomic mass is 79.9. The molecule has 16 rings (SSSR count). The van der Waals surface area contributed by atoms with Gasteiger partial charge in [0.05, 0.1) is 116 Å². The number of carbonyl (C=O) groups excluding carboxylic acids is 3. The number of aliphatic hydroxyl groups excluding tert-OH is 3. The standard InChI is InChI=1S/C26H27N5O3.C22H29BN2O4.C16H17BrN2O2.C12H24B2O4.C10H11ClN3O.3CH4.4H2/c1-30-16-19(14-27-30)24-11-10-17(15-31(24)34)12-18-13-23(28-21-7-3-2-6-20(18)21)26(33)29-22-8-4-5-9-25(22)32;1-21(2)22(3,4)29-23(28-21)15-13-18(24-16-10-6-5-9-14(15)16)20(27)25-17-11-7-8-12-19(17)26;17-11-9-14(18-12-6-2-1-5-10(11)12)16(21)19-13-7-3-4-8-15(13)20;1-9(2)10(3,4)16-13(15-9)14-17-11(5,6)12(7,8)18-14;1-13-7-9(5-12-13)10-3-2-8(4-11)6-14(10)15;;;;;;;/h2-3,6-7,10-11,13-16,22,25,32H,4-5,8-9,12H2,1H3,(H-,29,33,34);5-6,9-10,13,17,19,26H,7-8,11-12H2,1-4H3,(H,25,27);1-2,5-6,9,13,15,20H,3-4,7-8H2,(H,19,21);1-8H3;2-3,5-7,15H,4H2,1H3;3*1H4;4*1H/q;;;;+1;;;;;;;/p+1/t22-,25-;17-,19-;13-,15-;;;;;;;;;/m000........./s1. The maximum absolute atomic E-state index is 13.0. The summed E-state index contributed by atoms with van der Waals surface area (Å²) in [6.07, 6.45) is 20.0. The summed E-state index contributed by atoms with van der Waals surface area (Å²) in [5, 5.41) is 70.6. The van der Waals surface area contributed by atoms with Gasteiger partial charge in [-0.2, -0.15) is 10.2 Å². The summed E-state index contributed by atoms with van der Waals surface area (Å²) in [6.45, 7) is 24.2. The van der Waals surface area contributed by atoms with Crippen LogP contribution in [-0.2, 0) is 54.3 Å². The molecule has 3 aromatic carbocycles. The van der Waals surface area contributed by atoms with E-state index in [9.17, 15) is 40.1 Å². The number of aliphatic hydroxyl groups is 3. The van der Waals surface area contributed by atoms with Gasteiger partial charge in [-0.05, 0) is 187 Å². The highest BCUT2D eigenvalue weighted by Gasteiger charge is 2.64. The highest BCUT2D eigenvalue weighted by Crippen LogP contribution is 2.44. The fourth-order valence-corrected chi connectivity index (χ4v) is 15.6. The number of halogens is 2. The van der Waals surface area contributed by atoms with Gasteiger partial charge in [-0.1, -0.05) is 131 Å². The van der Waals surface area contributed by atoms with E-state index in [2.05, 4.69) is 57.0 Å². The minimum atomic E-state index is -0.584. The van der Waals surface area contributed by atoms with Gasteiger partial charge in [-0.25, -0.2) is 15.0 Å². The van der Waals surface area contributed by atoms with Crippen LogP contribution in [0.5, 0.6) is 0 Å². The van der Waals surface area contributed by atoms with Gasteiger partial charge < -0.3 is 59.2 Å². The topological polar surface area (TPSA) is 326 Å². The van der Waals surface area contributed by atoms with E-state index in [0.717, 1.165) is 145 Å². The summed E-state index contributed by atoms with van der Waals surface area (Å²) in [5.74, 6) is -0.401. The summed E-state index contributed by atoms with van der Waals surface area (Å²) in [5.41, 5.74) is 7.35. The molecule has 10 heterocycles. The Labute approximate surface area is 726 Å². The van der Waals surface area contributed by atoms with Crippen LogP contribution in [0.4, 0.5) is 0 Å². The van der Waals surface area contributed by atoms with Crippen molar-refractivity contribution < 1.29 is 83.2 Å². The molecule has 0 spiro atoms. The van der Waals surface area contributed by atoms with Crippen LogP contribution in [0.2, 0.25) is 0 Å². The zero-order chi connectivity index (χ0) is 84.1. The van der Waals surface area contributed by atoms with Crippen LogP contribution >= 0.6 is 27.5 Å². The Balaban J connectivity index is 0.000000279. The molecule has 0 bridgehead atoms. The van der Waals surface area contributed by atoms with Crippen LogP contribution in [0.3, 0.4) is 0 Å². The second-order valence-electron chi connectivity index (χ2n) is 34.1. The minimum absolute atomic E-state index is 0. The maximum atomic E-state index is 13.0. The van der Waals surface area contributed by atoms with E-state index in [1.54, 1.807) is 46.3 Å². The fourth-order valence-electron chi connectivity index (χ4n) is 14.8. The monoisotopic (exact) mass is 1740 g/mol. The number of aryl methyl sites for hydroxylation is 2. The Morgan fingerprint density at radius 2 is 0.825 bits per heavy atom. The van der Waals surface area contributed by atoms with E-state index in [4.69, 9.17) is 39.5 Å². The molecular formula is C89H129B3BrClN12O14+2. The average molecular weight is 1740 g/mol. The molecule has 3 aliphatic heterocycles. The van der Waals surface area contributed by atoms with Gasteiger partial charge in [0, 0.05) is 86.6 Å². The second kappa shape index (κ2) is 39.6. The molecule has 0 radical (unpaired) electrons. The van der Waals surface area contributed by atoms with E-state index in [1.807, 2.05) is 213 Å². The maximum Gasteiger partial charge on any atom is 0.495 e. The van der Waals surface area contributed by atoms with Crippen molar-refractivity contribution in [2.45, 2.75) is 265 Å². The predicted octanol–water partition coefficient (Wildman–Crippen LogP) is 14.9. The molecule has 10 aromatic rings. The lowest BCUT2D eigenvalue weighted by Crippen LogP contribution is -2.45. The molecule has 3 saturated carbocycles. The Morgan fingerprint density at radius 3 is 1.22 bits per heavy atom. The van der Waals surface area contributed by atoms with Gasteiger partial charge in [0.25, 0.3) is 29.1 Å². The van der Waals surface area contributed by atoms with Gasteiger partial charge in [0.1, 0.15) is 17.1 Å². The Bertz CT molecular complexity index is 5150. The van der Waals surface area contributed by atoms with Crippen LogP contribution in [0.25, 0.3) is 55.2 Å². The number of hydrogen-bond acceptors (Lipinski definition) is 19. The molecule has 3 amide bonds. The van der Waals surface area contributed by atoms with Crippen molar-refractivity contribution in [3.63, 3.8) is 0 Å². The Kier molecular flexibility index (Phi) is 31.4. The first-order valence-corrected chi connectivity index (χ1v) is 41.6. The lowest BCUT2D eigenvalue weighted by molar-refractivity contribution is -0.896. The summed E-state index contributed by atoms with van der Waals surface area (Å²) in [4.78, 5) is 51.9. The molecule has 7 aromatic heterocycles. The number of fused-ring (bicyclic) bond motifs is 3. The zero-order valence-electron chi connectivity index (χ0n) is 69.2. The van der Waals surface area contributed by atoms with E-state index < -0.39 is 50.7 Å². The van der Waals surface area contributed by atoms with E-state index >= 15 is 0 Å². The van der Waals surface area contributed by atoms with Crippen molar-refractivity contribution in [2.24, 2.45) is 14.1 Å². The van der Waals surface area contributed by atoms with E-state index in [-0.39, 0.29) is 86.2 Å². The minimum Gasteiger partial charge on any atom is -0.405 e. The van der Waals surface area contributed by atoms with Crippen LogP contribution < -0.4 is 30.9 Å². The van der Waals surface area contributed by atoms with Crippen molar-refractivity contribution >= 4 is 105 Å². The number of alkyl halides is 1. The molecule has 8 N–H and O–H groups in total. The third kappa shape index (κ3) is 22.2. The van der Waals surface area contributed by atoms with Gasteiger partial charge in [-0.3, -0.25) is 34.2 Å². The fraction of sp³-hybridized carbons (Fsp3) is 0.483. The lowest BCUT2D eigenvalue weighted by atomic mass is 9.49. The number of rotatable bonds is 13. The molecule has 120 heavy (non-hydrogen) atoms. The number of nitrogens with one attached hydrogen (secondary N) is 3. The van der Waals surface area contributed by atoms with E-state index in [1.165, 1.54) is 0 Å². The Hall–Kier alpha value is -8.78. The highest BCUT2D eigenvalue weighted by molar-refractivity contribution is 9.10. The summed E-state index contributed by atoms with van der Waals surface area (Å²) >= 11 is 9.14. The Morgan fingerprint density at radius 1 is 0.483 bits per heavy atom. The summed E-state index contributed by atoms with van der Waals surface area (Å²) in [6, 6.07) is 35.3. The van der Waals surface area contributed by atoms with Crippen LogP contribution in [0, 0.1) is 0 Å². The van der Waals surface area contributed by atoms with Crippen molar-refractivity contribution in [3.8, 4) is 22.5 Å². The van der Waals surface area contributed by atoms with Crippen molar-refractivity contribution in [2.75, 3.05) is 0 Å². The van der Waals surface area contributed by atoms with Gasteiger partial charge in [0.2, 0.25) is 12.4 Å². The van der Waals surface area contributed by atoms with Crippen LogP contribution in [-0.4, -0.2) is 169 Å². The molecule has 26 nitrogen and oxygen atoms in total. The normalized spacial score (nSPS) is 21.4. The third-order valence-corrected chi connectivity index (χ3v) is 24.8. The van der Waals surface area contributed by atoms with Gasteiger partial charge in [0.15, 0.2) is 0 Å². The number of para-hydroxylation sites is 3. The van der Waals surface area contributed by atoms with Gasteiger partial charge >= 0.3 is 21.1 Å². The average Bonchev–Trinajstić information content (AvgIpc) is 1.58. The molecule has 6 fully saturated rings. The quantitative estimate of drug-likeness (QED) is 0.0230. The third-order valence-electron chi connectivity index (χ3n) is 23.9. The smallest absolute Gasteiger partial charge is 0.405 e. The SMILES string of the molecule is C.C.C.CC1(C)OB(B2OC(C)(C)C(C)(C)O2)OC1(C)C.CC1(C)OB(c2cc(C(=O)N[C@H]3CCCC[C@@H]3O)nc3ccccc23)OC1(C)C.Cn1cc(-c2ccc(CCl)c[n+]2O)cn1.Cn1cc(-c2ccc(Cc3cc(C(=O)N[C@H]4CCCC[C@@H]4O)nc4ccccc34)c[n+]2O)cn1.O=C(N[C@H]1CCCC[C@@H]1O)c1cc(Br)c2ccccc2n1.[HH].[HH].[HH].[HH]. The first-order chi connectivity index (χ1) is 55.4. The van der Waals surface area contributed by atoms with E-state index in [0.29, 0.717) is 52.7 Å². The number of carbonyl (C=O) groups is 3. The number of amides is 3. The molecule has 31 heteroatoms. The van der Waals surface area contributed by atoms with Crippen LogP contribution in [0.15, 0.2) is 157 Å². The van der Waals surface area contributed by atoms with Crippen molar-refractivity contribution in [3.05, 3.63) is 191 Å². The number of nitrogens with zero attached hydrogens (tertiary/aromatic N) is 9. The number of benzene rings is 3. The number of pyridine rings is 5. The number of hydrogen-bond donors (Lipinski definition) is 8. The molecule has 650 valence electrons. The lowest BCUT2D eigenvalue weighted by Gasteiger charge is -2.32. The molecule has 3 aliphatic carbocycles. The second-order valence-corrected chi connectivity index (χ2v) is 35.2. The van der Waals surface area contributed by atoms with Crippen molar-refractivity contribution in [1.29, 1.82) is 0 Å². The molecule has 0 unspecified atom stereocenters. The van der Waals surface area contributed by atoms with Crippen molar-refractivity contribution in [1.82, 2.24) is 50.5 Å². The summed E-state index contributed by atoms with van der Waals surface area (Å²) in [7, 11) is 2.13. The first-order valence-electron chi connectivity index (χ1n) is 40.3. The predicted molar refractivity (Wildman–Crippen MR) is 481 cm³/mol. The molecule has 6 aliphatic rings. The van der Waals surface area contributed by atoms with Crippen LogP contribution in [0.1, 0.15) is 236 Å². The largest absolute Gasteiger partial charge is 0.495 e. The first kappa shape index (κ1) is 95.1.